The highest BCUT2D eigenvalue weighted by Gasteiger charge is 2.13. The molecule has 0 saturated carbocycles. The zero-order valence-electron chi connectivity index (χ0n) is 8.58. The topological polar surface area (TPSA) is 40.5 Å². The summed E-state index contributed by atoms with van der Waals surface area (Å²) in [6, 6.07) is 2.79. The minimum absolute atomic E-state index is 0.256. The highest BCUT2D eigenvalue weighted by atomic mass is 19.1. The van der Waals surface area contributed by atoms with Gasteiger partial charge in [0.1, 0.15) is 5.82 Å². The Morgan fingerprint density at radius 2 is 2.27 bits per heavy atom. The highest BCUT2D eigenvalue weighted by Crippen LogP contribution is 1.98. The van der Waals surface area contributed by atoms with Crippen LogP contribution in [0.4, 0.5) is 4.39 Å². The highest BCUT2D eigenvalue weighted by molar-refractivity contribution is 6.59. The summed E-state index contributed by atoms with van der Waals surface area (Å²) < 4.78 is 33.9. The lowest BCUT2D eigenvalue weighted by molar-refractivity contribution is 0.425. The molecule has 58 valence electrons. The van der Waals surface area contributed by atoms with Crippen molar-refractivity contribution >= 4 is 12.6 Å². The Hall–Kier alpha value is -0.865. The molecule has 0 heterocycles. The molecule has 0 aliphatic rings. The second-order valence-corrected chi connectivity index (χ2v) is 2.11. The van der Waals surface area contributed by atoms with Gasteiger partial charge < -0.3 is 10.0 Å². The maximum absolute atomic E-state index is 12.7. The standard InChI is InChI=1S/C7H8BFO2/c1-5-2-3-6(9)4-7(5)8(10)11/h2-4,10-11H,1H3/i1D3. The van der Waals surface area contributed by atoms with E-state index < -0.39 is 19.8 Å². The molecular weight excluding hydrogens is 146 g/mol. The van der Waals surface area contributed by atoms with Crippen molar-refractivity contribution in [2.75, 3.05) is 0 Å². The van der Waals surface area contributed by atoms with E-state index in [1.165, 1.54) is 0 Å². The van der Waals surface area contributed by atoms with Gasteiger partial charge in [-0.25, -0.2) is 4.39 Å². The molecule has 0 unspecified atom stereocenters. The number of hydrogen-bond acceptors (Lipinski definition) is 2. The average molecular weight is 157 g/mol. The molecule has 0 radical (unpaired) electrons. The van der Waals surface area contributed by atoms with E-state index in [1.807, 2.05) is 0 Å². The lowest BCUT2D eigenvalue weighted by Crippen LogP contribution is -2.32. The van der Waals surface area contributed by atoms with Gasteiger partial charge in [0.25, 0.3) is 0 Å². The van der Waals surface area contributed by atoms with Gasteiger partial charge in [-0.2, -0.15) is 0 Å². The first kappa shape index (κ1) is 4.90. The van der Waals surface area contributed by atoms with Crippen molar-refractivity contribution < 1.29 is 18.6 Å². The van der Waals surface area contributed by atoms with E-state index in [4.69, 9.17) is 14.2 Å². The maximum atomic E-state index is 12.7. The molecule has 2 nitrogen and oxygen atoms in total. The van der Waals surface area contributed by atoms with Crippen LogP contribution >= 0.6 is 0 Å². The van der Waals surface area contributed by atoms with E-state index in [9.17, 15) is 4.39 Å². The van der Waals surface area contributed by atoms with Crippen molar-refractivity contribution in [1.82, 2.24) is 0 Å². The van der Waals surface area contributed by atoms with E-state index in [-0.39, 0.29) is 11.0 Å². The smallest absolute Gasteiger partial charge is 0.423 e. The zero-order chi connectivity index (χ0) is 10.9. The molecule has 4 heteroatoms. The normalized spacial score (nSPS) is 15.0. The summed E-state index contributed by atoms with van der Waals surface area (Å²) >= 11 is 0. The molecule has 0 aliphatic carbocycles. The quantitative estimate of drug-likeness (QED) is 0.554. The largest absolute Gasteiger partial charge is 0.488 e. The van der Waals surface area contributed by atoms with Crippen molar-refractivity contribution in [3.63, 3.8) is 0 Å². The summed E-state index contributed by atoms with van der Waals surface area (Å²) in [4.78, 5) is 0. The SMILES string of the molecule is [2H]C([2H])([2H])c1ccc(F)cc1B(O)O. The van der Waals surface area contributed by atoms with E-state index in [0.717, 1.165) is 18.2 Å². The van der Waals surface area contributed by atoms with Crippen LogP contribution in [0, 0.1) is 12.7 Å². The van der Waals surface area contributed by atoms with Gasteiger partial charge in [-0.1, -0.05) is 11.6 Å². The van der Waals surface area contributed by atoms with E-state index in [1.54, 1.807) is 0 Å². The van der Waals surface area contributed by atoms with Crippen LogP contribution in [0.5, 0.6) is 0 Å². The Balaban J connectivity index is 3.29. The molecule has 0 fully saturated rings. The van der Waals surface area contributed by atoms with Crippen LogP contribution in [0.3, 0.4) is 0 Å². The fourth-order valence-electron chi connectivity index (χ4n) is 0.747. The lowest BCUT2D eigenvalue weighted by Gasteiger charge is -2.02. The fraction of sp³-hybridized carbons (Fsp3) is 0.143. The third kappa shape index (κ3) is 1.79. The molecule has 0 saturated heterocycles. The van der Waals surface area contributed by atoms with Crippen molar-refractivity contribution in [3.8, 4) is 0 Å². The average Bonchev–Trinajstić information content (AvgIpc) is 2.01. The molecule has 1 rings (SSSR count). The van der Waals surface area contributed by atoms with Crippen LogP contribution in [0.1, 0.15) is 9.68 Å². The van der Waals surface area contributed by atoms with Gasteiger partial charge in [-0.05, 0) is 24.4 Å². The van der Waals surface area contributed by atoms with E-state index >= 15 is 0 Å². The number of halogens is 1. The molecule has 0 bridgehead atoms. The molecule has 0 spiro atoms. The lowest BCUT2D eigenvalue weighted by atomic mass is 9.77. The summed E-state index contributed by atoms with van der Waals surface area (Å²) in [6.45, 7) is -2.48. The minimum Gasteiger partial charge on any atom is -0.423 e. The van der Waals surface area contributed by atoms with Crippen LogP contribution < -0.4 is 5.46 Å². The summed E-state index contributed by atoms with van der Waals surface area (Å²) in [5.74, 6) is -0.707. The summed E-state index contributed by atoms with van der Waals surface area (Å²) in [6.07, 6.45) is 0. The van der Waals surface area contributed by atoms with Crippen molar-refractivity contribution in [1.29, 1.82) is 0 Å². The molecule has 0 atom stereocenters. The van der Waals surface area contributed by atoms with Crippen LogP contribution in [-0.2, 0) is 0 Å². The second kappa shape index (κ2) is 3.03. The Morgan fingerprint density at radius 1 is 1.55 bits per heavy atom. The number of rotatable bonds is 1. The number of aryl methyl sites for hydroxylation is 1. The predicted octanol–water partition coefficient (Wildman–Crippen LogP) is -0.186. The van der Waals surface area contributed by atoms with Crippen LogP contribution in [0.15, 0.2) is 18.2 Å². The predicted molar refractivity (Wildman–Crippen MR) is 41.0 cm³/mol. The van der Waals surface area contributed by atoms with Gasteiger partial charge in [0, 0.05) is 4.11 Å². The first-order chi connectivity index (χ1) is 6.32. The van der Waals surface area contributed by atoms with E-state index in [0.29, 0.717) is 0 Å². The molecule has 1 aromatic rings. The second-order valence-electron chi connectivity index (χ2n) is 2.11. The van der Waals surface area contributed by atoms with Gasteiger partial charge in [-0.15, -0.1) is 0 Å². The Morgan fingerprint density at radius 3 is 2.82 bits per heavy atom. The molecule has 0 amide bonds. The monoisotopic (exact) mass is 157 g/mol. The Bertz CT molecular complexity index is 340. The molecule has 0 aliphatic heterocycles. The molecule has 11 heavy (non-hydrogen) atoms. The maximum Gasteiger partial charge on any atom is 0.488 e. The van der Waals surface area contributed by atoms with E-state index in [2.05, 4.69) is 0 Å². The molecule has 2 N–H and O–H groups in total. The molecule has 0 aromatic heterocycles. The van der Waals surface area contributed by atoms with Gasteiger partial charge in [-0.3, -0.25) is 0 Å². The van der Waals surface area contributed by atoms with Crippen LogP contribution in [0.2, 0.25) is 0 Å². The minimum atomic E-state index is -2.48. The fourth-order valence-corrected chi connectivity index (χ4v) is 0.747. The number of hydrogen-bond donors (Lipinski definition) is 2. The van der Waals surface area contributed by atoms with Crippen LogP contribution in [0.25, 0.3) is 0 Å². The molecule has 1 aromatic carbocycles. The van der Waals surface area contributed by atoms with Crippen LogP contribution in [-0.4, -0.2) is 17.2 Å². The summed E-state index contributed by atoms with van der Waals surface area (Å²) in [5, 5.41) is 17.7. The summed E-state index contributed by atoms with van der Waals surface area (Å²) in [5.41, 5.74) is -0.584. The summed E-state index contributed by atoms with van der Waals surface area (Å²) in [7, 11) is -1.99. The zero-order valence-corrected chi connectivity index (χ0v) is 5.58. The van der Waals surface area contributed by atoms with Gasteiger partial charge in [0.05, 0.1) is 0 Å². The third-order valence-electron chi connectivity index (χ3n) is 1.29. The van der Waals surface area contributed by atoms with Crippen molar-refractivity contribution in [2.24, 2.45) is 0 Å². The Labute approximate surface area is 68.7 Å². The Kier molecular flexibility index (Phi) is 1.35. The third-order valence-corrected chi connectivity index (χ3v) is 1.29. The van der Waals surface area contributed by atoms with Crippen molar-refractivity contribution in [2.45, 2.75) is 6.85 Å². The first-order valence-electron chi connectivity index (χ1n) is 4.48. The van der Waals surface area contributed by atoms with Crippen molar-refractivity contribution in [3.05, 3.63) is 29.6 Å². The van der Waals surface area contributed by atoms with Gasteiger partial charge in [0.15, 0.2) is 0 Å². The van der Waals surface area contributed by atoms with Gasteiger partial charge in [0.2, 0.25) is 0 Å². The van der Waals surface area contributed by atoms with Gasteiger partial charge >= 0.3 is 7.12 Å². The number of benzene rings is 1. The first-order valence-corrected chi connectivity index (χ1v) is 2.98. The molecular formula is C7H8BFO2.